The summed E-state index contributed by atoms with van der Waals surface area (Å²) in [5.41, 5.74) is 0.341. The Morgan fingerprint density at radius 1 is 1.56 bits per heavy atom. The van der Waals surface area contributed by atoms with E-state index in [9.17, 15) is 9.18 Å². The molecule has 16 heavy (non-hydrogen) atoms. The summed E-state index contributed by atoms with van der Waals surface area (Å²) >= 11 is 0. The molecular formula is C13H14FNO. The van der Waals surface area contributed by atoms with Crippen LogP contribution in [0.5, 0.6) is 0 Å². The Morgan fingerprint density at radius 3 is 2.81 bits per heavy atom. The average molecular weight is 219 g/mol. The second-order valence-electron chi connectivity index (χ2n) is 3.86. The van der Waals surface area contributed by atoms with Crippen LogP contribution in [-0.2, 0) is 0 Å². The van der Waals surface area contributed by atoms with Crippen LogP contribution in [0.25, 0.3) is 0 Å². The van der Waals surface area contributed by atoms with Gasteiger partial charge in [0, 0.05) is 11.5 Å². The SMILES string of the molecule is CCCC(C)C(=O)c1ccc(F)c(C#N)c1. The van der Waals surface area contributed by atoms with Crippen molar-refractivity contribution in [3.63, 3.8) is 0 Å². The molecule has 0 aliphatic heterocycles. The van der Waals surface area contributed by atoms with Crippen molar-refractivity contribution in [2.75, 3.05) is 0 Å². The zero-order valence-corrected chi connectivity index (χ0v) is 9.46. The minimum Gasteiger partial charge on any atom is -0.294 e. The molecule has 0 saturated heterocycles. The molecule has 0 radical (unpaired) electrons. The molecule has 0 amide bonds. The molecular weight excluding hydrogens is 205 g/mol. The lowest BCUT2D eigenvalue weighted by Gasteiger charge is -2.09. The number of Topliss-reactive ketones (excluding diaryl/α,β-unsaturated/α-hetero) is 1. The molecule has 2 nitrogen and oxygen atoms in total. The maximum atomic E-state index is 13.0. The third kappa shape index (κ3) is 2.66. The van der Waals surface area contributed by atoms with E-state index >= 15 is 0 Å². The second-order valence-corrected chi connectivity index (χ2v) is 3.86. The summed E-state index contributed by atoms with van der Waals surface area (Å²) in [5.74, 6) is -0.692. The quantitative estimate of drug-likeness (QED) is 0.729. The highest BCUT2D eigenvalue weighted by molar-refractivity contribution is 5.97. The van der Waals surface area contributed by atoms with Crippen LogP contribution in [0.1, 0.15) is 42.6 Å². The number of halogens is 1. The third-order valence-corrected chi connectivity index (χ3v) is 2.54. The molecule has 0 bridgehead atoms. The smallest absolute Gasteiger partial charge is 0.165 e. The number of nitriles is 1. The number of carbonyl (C=O) groups excluding carboxylic acids is 1. The van der Waals surface area contributed by atoms with Crippen molar-refractivity contribution in [3.8, 4) is 6.07 Å². The summed E-state index contributed by atoms with van der Waals surface area (Å²) < 4.78 is 13.0. The summed E-state index contributed by atoms with van der Waals surface area (Å²) in [6.07, 6.45) is 1.73. The van der Waals surface area contributed by atoms with Crippen LogP contribution >= 0.6 is 0 Å². The summed E-state index contributed by atoms with van der Waals surface area (Å²) in [6, 6.07) is 5.66. The Balaban J connectivity index is 2.97. The van der Waals surface area contributed by atoms with Crippen molar-refractivity contribution in [2.24, 2.45) is 5.92 Å². The van der Waals surface area contributed by atoms with Gasteiger partial charge in [0.1, 0.15) is 11.9 Å². The molecule has 1 atom stereocenters. The highest BCUT2D eigenvalue weighted by atomic mass is 19.1. The molecule has 84 valence electrons. The summed E-state index contributed by atoms with van der Waals surface area (Å²) in [7, 11) is 0. The number of carbonyl (C=O) groups is 1. The van der Waals surface area contributed by atoms with Crippen molar-refractivity contribution < 1.29 is 9.18 Å². The zero-order chi connectivity index (χ0) is 12.1. The molecule has 0 N–H and O–H groups in total. The molecule has 1 aromatic rings. The largest absolute Gasteiger partial charge is 0.294 e. The van der Waals surface area contributed by atoms with Gasteiger partial charge in [-0.15, -0.1) is 0 Å². The van der Waals surface area contributed by atoms with E-state index in [1.807, 2.05) is 13.8 Å². The van der Waals surface area contributed by atoms with Gasteiger partial charge in [0.05, 0.1) is 5.56 Å². The normalized spacial score (nSPS) is 11.9. The Hall–Kier alpha value is -1.69. The topological polar surface area (TPSA) is 40.9 Å². The number of ketones is 1. The minimum absolute atomic E-state index is 0.0293. The van der Waals surface area contributed by atoms with Crippen LogP contribution in [0.4, 0.5) is 4.39 Å². The molecule has 0 aromatic heterocycles. The van der Waals surface area contributed by atoms with E-state index in [0.29, 0.717) is 5.56 Å². The van der Waals surface area contributed by atoms with Gasteiger partial charge in [-0.2, -0.15) is 5.26 Å². The first-order chi connectivity index (χ1) is 7.60. The van der Waals surface area contributed by atoms with Crippen molar-refractivity contribution in [1.29, 1.82) is 5.26 Å². The fourth-order valence-electron chi connectivity index (χ4n) is 1.61. The van der Waals surface area contributed by atoms with Crippen molar-refractivity contribution in [3.05, 3.63) is 35.1 Å². The van der Waals surface area contributed by atoms with Crippen LogP contribution in [0.15, 0.2) is 18.2 Å². The lowest BCUT2D eigenvalue weighted by molar-refractivity contribution is 0.0923. The average Bonchev–Trinajstić information content (AvgIpc) is 2.29. The molecule has 0 fully saturated rings. The summed E-state index contributed by atoms with van der Waals surface area (Å²) in [6.45, 7) is 3.86. The van der Waals surface area contributed by atoms with Gasteiger partial charge in [-0.3, -0.25) is 4.79 Å². The zero-order valence-electron chi connectivity index (χ0n) is 9.46. The van der Waals surface area contributed by atoms with E-state index < -0.39 is 5.82 Å². The number of nitrogens with zero attached hydrogens (tertiary/aromatic N) is 1. The van der Waals surface area contributed by atoms with Gasteiger partial charge in [0.25, 0.3) is 0 Å². The van der Waals surface area contributed by atoms with Crippen LogP contribution in [0.3, 0.4) is 0 Å². The van der Waals surface area contributed by atoms with Crippen LogP contribution in [-0.4, -0.2) is 5.78 Å². The first-order valence-corrected chi connectivity index (χ1v) is 5.34. The second kappa shape index (κ2) is 5.41. The third-order valence-electron chi connectivity index (χ3n) is 2.54. The lowest BCUT2D eigenvalue weighted by Crippen LogP contribution is -2.11. The van der Waals surface area contributed by atoms with Gasteiger partial charge in [0.2, 0.25) is 0 Å². The fourth-order valence-corrected chi connectivity index (χ4v) is 1.61. The number of hydrogen-bond donors (Lipinski definition) is 0. The van der Waals surface area contributed by atoms with E-state index in [0.717, 1.165) is 12.8 Å². The molecule has 1 unspecified atom stereocenters. The Kier molecular flexibility index (Phi) is 4.19. The minimum atomic E-state index is -0.581. The first kappa shape index (κ1) is 12.4. The molecule has 1 rings (SSSR count). The van der Waals surface area contributed by atoms with Gasteiger partial charge in [-0.25, -0.2) is 4.39 Å². The standard InChI is InChI=1S/C13H14FNO/c1-3-4-9(2)13(16)10-5-6-12(14)11(7-10)8-15/h5-7,9H,3-4H2,1-2H3. The number of rotatable bonds is 4. The van der Waals surface area contributed by atoms with Crippen molar-refractivity contribution >= 4 is 5.78 Å². The molecule has 0 heterocycles. The van der Waals surface area contributed by atoms with Gasteiger partial charge < -0.3 is 0 Å². The molecule has 0 aliphatic rings. The fraction of sp³-hybridized carbons (Fsp3) is 0.385. The van der Waals surface area contributed by atoms with E-state index in [4.69, 9.17) is 5.26 Å². The van der Waals surface area contributed by atoms with E-state index in [1.165, 1.54) is 18.2 Å². The van der Waals surface area contributed by atoms with Gasteiger partial charge in [-0.05, 0) is 24.6 Å². The monoisotopic (exact) mass is 219 g/mol. The number of benzene rings is 1. The maximum Gasteiger partial charge on any atom is 0.165 e. The van der Waals surface area contributed by atoms with Gasteiger partial charge in [0.15, 0.2) is 5.78 Å². The molecule has 0 saturated carbocycles. The lowest BCUT2D eigenvalue weighted by atomic mass is 9.94. The van der Waals surface area contributed by atoms with Gasteiger partial charge in [-0.1, -0.05) is 20.3 Å². The Labute approximate surface area is 94.7 Å². The predicted molar refractivity (Wildman–Crippen MR) is 59.5 cm³/mol. The predicted octanol–water partition coefficient (Wildman–Crippen LogP) is 3.32. The molecule has 1 aromatic carbocycles. The van der Waals surface area contributed by atoms with Crippen LogP contribution in [0.2, 0.25) is 0 Å². The van der Waals surface area contributed by atoms with Crippen molar-refractivity contribution in [2.45, 2.75) is 26.7 Å². The molecule has 0 spiro atoms. The van der Waals surface area contributed by atoms with Gasteiger partial charge >= 0.3 is 0 Å². The Morgan fingerprint density at radius 2 is 2.25 bits per heavy atom. The summed E-state index contributed by atoms with van der Waals surface area (Å²) in [5, 5.41) is 8.67. The van der Waals surface area contributed by atoms with Crippen molar-refractivity contribution in [1.82, 2.24) is 0 Å². The molecule has 3 heteroatoms. The van der Waals surface area contributed by atoms with E-state index in [2.05, 4.69) is 0 Å². The van der Waals surface area contributed by atoms with Crippen LogP contribution in [0, 0.1) is 23.1 Å². The molecule has 0 aliphatic carbocycles. The Bertz CT molecular complexity index is 434. The maximum absolute atomic E-state index is 13.0. The highest BCUT2D eigenvalue weighted by Crippen LogP contribution is 2.16. The van der Waals surface area contributed by atoms with E-state index in [1.54, 1.807) is 6.07 Å². The number of hydrogen-bond acceptors (Lipinski definition) is 2. The van der Waals surface area contributed by atoms with Crippen LogP contribution < -0.4 is 0 Å². The van der Waals surface area contributed by atoms with E-state index in [-0.39, 0.29) is 17.3 Å². The first-order valence-electron chi connectivity index (χ1n) is 5.34. The summed E-state index contributed by atoms with van der Waals surface area (Å²) in [4.78, 5) is 11.9. The highest BCUT2D eigenvalue weighted by Gasteiger charge is 2.15.